The molecule has 0 N–H and O–H groups in total. The molecule has 0 aromatic carbocycles. The highest BCUT2D eigenvalue weighted by molar-refractivity contribution is 5.87. The van der Waals surface area contributed by atoms with Crippen LogP contribution in [0.2, 0.25) is 0 Å². The Bertz CT molecular complexity index is 173. The van der Waals surface area contributed by atoms with Crippen molar-refractivity contribution >= 4 is 5.97 Å². The van der Waals surface area contributed by atoms with Crippen molar-refractivity contribution in [2.45, 2.75) is 33.6 Å². The van der Waals surface area contributed by atoms with E-state index in [4.69, 9.17) is 9.47 Å². The number of rotatable bonds is 6. The second-order valence-electron chi connectivity index (χ2n) is 2.75. The number of carbonyl (C=O) groups excluding carboxylic acids is 1. The zero-order valence-corrected chi connectivity index (χ0v) is 8.63. The maximum absolute atomic E-state index is 11.0. The Morgan fingerprint density at radius 3 is 2.62 bits per heavy atom. The highest BCUT2D eigenvalue weighted by Gasteiger charge is 2.03. The van der Waals surface area contributed by atoms with E-state index in [9.17, 15) is 4.79 Å². The summed E-state index contributed by atoms with van der Waals surface area (Å²) in [6.45, 7) is 6.62. The molecule has 0 unspecified atom stereocenters. The van der Waals surface area contributed by atoms with Gasteiger partial charge in [0.1, 0.15) is 0 Å². The van der Waals surface area contributed by atoms with Crippen LogP contribution in [0.1, 0.15) is 33.6 Å². The molecule has 0 heterocycles. The summed E-state index contributed by atoms with van der Waals surface area (Å²) in [5.41, 5.74) is 0.512. The third-order valence-corrected chi connectivity index (χ3v) is 1.47. The number of hydrogen-bond acceptors (Lipinski definition) is 3. The van der Waals surface area contributed by atoms with Crippen molar-refractivity contribution in [2.75, 3.05) is 13.2 Å². The summed E-state index contributed by atoms with van der Waals surface area (Å²) >= 11 is 0. The zero-order valence-electron chi connectivity index (χ0n) is 8.63. The lowest BCUT2D eigenvalue weighted by Crippen LogP contribution is -2.05. The molecule has 0 radical (unpaired) electrons. The van der Waals surface area contributed by atoms with Gasteiger partial charge in [-0.05, 0) is 20.3 Å². The molecular weight excluding hydrogens is 168 g/mol. The second-order valence-corrected chi connectivity index (χ2v) is 2.75. The summed E-state index contributed by atoms with van der Waals surface area (Å²) in [6.07, 6.45) is 3.56. The Morgan fingerprint density at radius 2 is 2.08 bits per heavy atom. The largest absolute Gasteiger partial charge is 0.501 e. The molecule has 3 nitrogen and oxygen atoms in total. The molecule has 0 spiro atoms. The lowest BCUT2D eigenvalue weighted by molar-refractivity contribution is -0.138. The van der Waals surface area contributed by atoms with Crippen molar-refractivity contribution in [1.29, 1.82) is 0 Å². The van der Waals surface area contributed by atoms with E-state index in [1.165, 1.54) is 6.26 Å². The molecule has 0 aliphatic heterocycles. The monoisotopic (exact) mass is 186 g/mol. The van der Waals surface area contributed by atoms with Gasteiger partial charge in [-0.2, -0.15) is 0 Å². The summed E-state index contributed by atoms with van der Waals surface area (Å²) < 4.78 is 9.91. The van der Waals surface area contributed by atoms with Crippen molar-refractivity contribution in [3.8, 4) is 0 Å². The molecule has 0 atom stereocenters. The van der Waals surface area contributed by atoms with Gasteiger partial charge >= 0.3 is 5.97 Å². The topological polar surface area (TPSA) is 35.5 Å². The number of esters is 1. The maximum atomic E-state index is 11.0. The van der Waals surface area contributed by atoms with E-state index >= 15 is 0 Å². The third kappa shape index (κ3) is 6.20. The molecule has 0 amide bonds. The van der Waals surface area contributed by atoms with Crippen LogP contribution in [0, 0.1) is 0 Å². The maximum Gasteiger partial charge on any atom is 0.336 e. The van der Waals surface area contributed by atoms with E-state index < -0.39 is 0 Å². The minimum atomic E-state index is -0.306. The minimum Gasteiger partial charge on any atom is -0.501 e. The van der Waals surface area contributed by atoms with E-state index in [2.05, 4.69) is 6.92 Å². The fraction of sp³-hybridized carbons (Fsp3) is 0.700. The van der Waals surface area contributed by atoms with Gasteiger partial charge in [0.05, 0.1) is 25.0 Å². The summed E-state index contributed by atoms with van der Waals surface area (Å²) in [5.74, 6) is -0.306. The van der Waals surface area contributed by atoms with Crippen LogP contribution in [0.3, 0.4) is 0 Å². The van der Waals surface area contributed by atoms with Gasteiger partial charge in [0.15, 0.2) is 0 Å². The van der Waals surface area contributed by atoms with E-state index in [1.54, 1.807) is 13.8 Å². The van der Waals surface area contributed by atoms with Crippen molar-refractivity contribution in [1.82, 2.24) is 0 Å². The van der Waals surface area contributed by atoms with Gasteiger partial charge in [-0.3, -0.25) is 0 Å². The summed E-state index contributed by atoms with van der Waals surface area (Å²) in [4.78, 5) is 11.0. The first-order valence-corrected chi connectivity index (χ1v) is 4.67. The standard InChI is InChI=1S/C10H18O3/c1-4-6-7-12-8-9(3)10(11)13-5-2/h8H,4-7H2,1-3H3/b9-8+. The van der Waals surface area contributed by atoms with Gasteiger partial charge in [0.2, 0.25) is 0 Å². The number of ether oxygens (including phenoxy) is 2. The van der Waals surface area contributed by atoms with Gasteiger partial charge in [-0.25, -0.2) is 4.79 Å². The first kappa shape index (κ1) is 12.0. The fourth-order valence-corrected chi connectivity index (χ4v) is 0.705. The zero-order chi connectivity index (χ0) is 10.1. The summed E-state index contributed by atoms with van der Waals surface area (Å²) in [7, 11) is 0. The predicted molar refractivity (Wildman–Crippen MR) is 51.3 cm³/mol. The average Bonchev–Trinajstić information content (AvgIpc) is 2.12. The highest BCUT2D eigenvalue weighted by Crippen LogP contribution is 1.98. The highest BCUT2D eigenvalue weighted by atomic mass is 16.5. The summed E-state index contributed by atoms with van der Waals surface area (Å²) in [5, 5.41) is 0. The second kappa shape index (κ2) is 7.65. The third-order valence-electron chi connectivity index (χ3n) is 1.47. The molecule has 0 saturated heterocycles. The van der Waals surface area contributed by atoms with E-state index in [0.717, 1.165) is 12.8 Å². The molecule has 0 rings (SSSR count). The van der Waals surface area contributed by atoms with Crippen molar-refractivity contribution in [2.24, 2.45) is 0 Å². The van der Waals surface area contributed by atoms with Gasteiger partial charge in [0.25, 0.3) is 0 Å². The minimum absolute atomic E-state index is 0.306. The van der Waals surface area contributed by atoms with Gasteiger partial charge in [-0.1, -0.05) is 13.3 Å². The Morgan fingerprint density at radius 1 is 1.38 bits per heavy atom. The van der Waals surface area contributed by atoms with Gasteiger partial charge < -0.3 is 9.47 Å². The molecule has 0 saturated carbocycles. The van der Waals surface area contributed by atoms with Crippen LogP contribution in [0.15, 0.2) is 11.8 Å². The number of hydrogen-bond donors (Lipinski definition) is 0. The van der Waals surface area contributed by atoms with E-state index in [-0.39, 0.29) is 5.97 Å². The molecule has 0 aliphatic rings. The van der Waals surface area contributed by atoms with Crippen LogP contribution in [0.25, 0.3) is 0 Å². The van der Waals surface area contributed by atoms with Crippen LogP contribution >= 0.6 is 0 Å². The number of carbonyl (C=O) groups is 1. The van der Waals surface area contributed by atoms with Crippen molar-refractivity contribution in [3.05, 3.63) is 11.8 Å². The SMILES string of the molecule is CCCCO/C=C(\C)C(=O)OCC. The molecule has 0 bridgehead atoms. The lowest BCUT2D eigenvalue weighted by atomic mass is 10.3. The predicted octanol–water partition coefficient (Wildman–Crippen LogP) is 2.27. The molecule has 0 aromatic heterocycles. The van der Waals surface area contributed by atoms with Crippen LogP contribution in [0.4, 0.5) is 0 Å². The normalized spacial score (nSPS) is 11.2. The Hall–Kier alpha value is -0.990. The smallest absolute Gasteiger partial charge is 0.336 e. The quantitative estimate of drug-likeness (QED) is 0.276. The van der Waals surface area contributed by atoms with Crippen LogP contribution in [0.5, 0.6) is 0 Å². The Labute approximate surface area is 79.7 Å². The molecular formula is C10H18O3. The average molecular weight is 186 g/mol. The molecule has 0 fully saturated rings. The van der Waals surface area contributed by atoms with Crippen molar-refractivity contribution < 1.29 is 14.3 Å². The van der Waals surface area contributed by atoms with Gasteiger partial charge in [0, 0.05) is 0 Å². The Balaban J connectivity index is 3.67. The lowest BCUT2D eigenvalue weighted by Gasteiger charge is -2.02. The molecule has 0 aliphatic carbocycles. The van der Waals surface area contributed by atoms with E-state index in [0.29, 0.717) is 18.8 Å². The van der Waals surface area contributed by atoms with Crippen molar-refractivity contribution in [3.63, 3.8) is 0 Å². The molecule has 3 heteroatoms. The fourth-order valence-electron chi connectivity index (χ4n) is 0.705. The number of unbranched alkanes of at least 4 members (excludes halogenated alkanes) is 1. The van der Waals surface area contributed by atoms with Crippen LogP contribution < -0.4 is 0 Å². The van der Waals surface area contributed by atoms with Crippen LogP contribution in [-0.4, -0.2) is 19.2 Å². The summed E-state index contributed by atoms with van der Waals surface area (Å²) in [6, 6.07) is 0. The van der Waals surface area contributed by atoms with E-state index in [1.807, 2.05) is 0 Å². The van der Waals surface area contributed by atoms with Crippen LogP contribution in [-0.2, 0) is 14.3 Å². The first-order valence-electron chi connectivity index (χ1n) is 4.67. The van der Waals surface area contributed by atoms with Gasteiger partial charge in [-0.15, -0.1) is 0 Å². The molecule has 0 aromatic rings. The molecule has 76 valence electrons. The first-order chi connectivity index (χ1) is 6.22. The Kier molecular flexibility index (Phi) is 7.07. The molecule has 13 heavy (non-hydrogen) atoms.